The van der Waals surface area contributed by atoms with Gasteiger partial charge in [-0.15, -0.1) is 0 Å². The number of non-ortho nitro benzene ring substituents is 1. The molecule has 0 bridgehead atoms. The predicted molar refractivity (Wildman–Crippen MR) is 91.3 cm³/mol. The molecule has 0 atom stereocenters. The number of hydrogen-bond acceptors (Lipinski definition) is 5. The molecule has 2 aromatic rings. The Balaban J connectivity index is 2.61. The molecular weight excluding hydrogens is 300 g/mol. The first-order valence-corrected chi connectivity index (χ1v) is 6.83. The third kappa shape index (κ3) is 3.44. The highest BCUT2D eigenvalue weighted by atomic mass is 32.1. The van der Waals surface area contributed by atoms with Crippen molar-refractivity contribution in [2.75, 3.05) is 5.32 Å². The molecular formula is C15H14N4O2S. The van der Waals surface area contributed by atoms with Crippen LogP contribution in [0.4, 0.5) is 11.4 Å². The molecule has 22 heavy (non-hydrogen) atoms. The van der Waals surface area contributed by atoms with Gasteiger partial charge in [0.2, 0.25) is 0 Å². The van der Waals surface area contributed by atoms with Gasteiger partial charge in [0.05, 0.1) is 15.6 Å². The molecule has 7 heteroatoms. The maximum absolute atomic E-state index is 11.0. The Morgan fingerprint density at radius 1 is 1.27 bits per heavy atom. The highest BCUT2D eigenvalue weighted by molar-refractivity contribution is 7.80. The molecule has 0 aliphatic heterocycles. The van der Waals surface area contributed by atoms with Crippen LogP contribution in [0.2, 0.25) is 0 Å². The van der Waals surface area contributed by atoms with Crippen molar-refractivity contribution in [3.05, 3.63) is 69.8 Å². The minimum Gasteiger partial charge on any atom is -0.350 e. The van der Waals surface area contributed by atoms with E-state index in [1.165, 1.54) is 12.1 Å². The number of thiocarbonyl (C=S) groups is 1. The van der Waals surface area contributed by atoms with E-state index < -0.39 is 4.92 Å². The zero-order valence-electron chi connectivity index (χ0n) is 11.8. The van der Waals surface area contributed by atoms with Crippen molar-refractivity contribution in [2.45, 2.75) is 6.92 Å². The fourth-order valence-electron chi connectivity index (χ4n) is 2.04. The predicted octanol–water partition coefficient (Wildman–Crippen LogP) is 3.07. The summed E-state index contributed by atoms with van der Waals surface area (Å²) in [5.41, 5.74) is 2.30. The smallest absolute Gasteiger partial charge is 0.270 e. The molecule has 0 radical (unpaired) electrons. The summed E-state index contributed by atoms with van der Waals surface area (Å²) in [4.78, 5) is 11.1. The van der Waals surface area contributed by atoms with Crippen molar-refractivity contribution in [1.29, 1.82) is 0 Å². The third-order valence-corrected chi connectivity index (χ3v) is 3.06. The minimum atomic E-state index is -0.462. The Kier molecular flexibility index (Phi) is 4.80. The summed E-state index contributed by atoms with van der Waals surface area (Å²) < 4.78 is 0. The number of nitrogens with one attached hydrogen (secondary N) is 1. The largest absolute Gasteiger partial charge is 0.350 e. The zero-order chi connectivity index (χ0) is 16.1. The van der Waals surface area contributed by atoms with Gasteiger partial charge < -0.3 is 11.2 Å². The van der Waals surface area contributed by atoms with Gasteiger partial charge in [-0.1, -0.05) is 42.5 Å². The van der Waals surface area contributed by atoms with Crippen LogP contribution in [0.1, 0.15) is 18.1 Å². The van der Waals surface area contributed by atoms with E-state index in [0.29, 0.717) is 22.0 Å². The van der Waals surface area contributed by atoms with Gasteiger partial charge in [-0.2, -0.15) is 5.10 Å². The number of nitro groups is 1. The molecule has 0 aliphatic rings. The van der Waals surface area contributed by atoms with Crippen molar-refractivity contribution >= 4 is 34.3 Å². The molecule has 0 aliphatic carbocycles. The fraction of sp³-hybridized carbons (Fsp3) is 0.0667. The minimum absolute atomic E-state index is 0.0420. The van der Waals surface area contributed by atoms with E-state index in [-0.39, 0.29) is 5.69 Å². The molecule has 0 fully saturated rings. The van der Waals surface area contributed by atoms with Crippen LogP contribution in [0.5, 0.6) is 0 Å². The van der Waals surface area contributed by atoms with Gasteiger partial charge in [0.25, 0.3) is 5.69 Å². The van der Waals surface area contributed by atoms with Gasteiger partial charge in [-0.25, -0.2) is 0 Å². The summed E-state index contributed by atoms with van der Waals surface area (Å²) in [5, 5.41) is 17.8. The number of nitro benzene ring substituents is 1. The van der Waals surface area contributed by atoms with Crippen molar-refractivity contribution in [3.8, 4) is 0 Å². The van der Waals surface area contributed by atoms with E-state index in [1.807, 2.05) is 30.3 Å². The normalized spacial score (nSPS) is 11.0. The maximum Gasteiger partial charge on any atom is 0.270 e. The third-order valence-electron chi connectivity index (χ3n) is 2.96. The number of benzene rings is 2. The van der Waals surface area contributed by atoms with Crippen molar-refractivity contribution in [3.63, 3.8) is 0 Å². The standard InChI is InChI=1S/C15H14N4O2S/c1-10(22)17-14-8-7-12(19(20)21)9-13(14)15(18-16)11-5-3-2-4-6-11/h2-9H,16H2,1H3,(H,17,22)/b18-15-. The summed E-state index contributed by atoms with van der Waals surface area (Å²) >= 11 is 5.04. The lowest BCUT2D eigenvalue weighted by Crippen LogP contribution is -2.13. The van der Waals surface area contributed by atoms with Gasteiger partial charge in [0.15, 0.2) is 0 Å². The highest BCUT2D eigenvalue weighted by Crippen LogP contribution is 2.25. The lowest BCUT2D eigenvalue weighted by atomic mass is 10.00. The molecule has 0 spiro atoms. The summed E-state index contributed by atoms with van der Waals surface area (Å²) in [6, 6.07) is 13.6. The summed E-state index contributed by atoms with van der Waals surface area (Å²) in [6.45, 7) is 1.72. The van der Waals surface area contributed by atoms with Gasteiger partial charge in [0.1, 0.15) is 0 Å². The first-order chi connectivity index (χ1) is 10.5. The van der Waals surface area contributed by atoms with Crippen LogP contribution in [-0.2, 0) is 0 Å². The Bertz CT molecular complexity index is 744. The van der Waals surface area contributed by atoms with Crippen LogP contribution in [0.25, 0.3) is 0 Å². The lowest BCUT2D eigenvalue weighted by Gasteiger charge is -2.13. The second kappa shape index (κ2) is 6.77. The lowest BCUT2D eigenvalue weighted by molar-refractivity contribution is -0.384. The van der Waals surface area contributed by atoms with Crippen molar-refractivity contribution in [2.24, 2.45) is 10.9 Å². The Hall–Kier alpha value is -2.80. The molecule has 2 aromatic carbocycles. The van der Waals surface area contributed by atoms with E-state index in [0.717, 1.165) is 5.56 Å². The average Bonchev–Trinajstić information content (AvgIpc) is 2.50. The van der Waals surface area contributed by atoms with Gasteiger partial charge in [0, 0.05) is 28.9 Å². The first kappa shape index (κ1) is 15.6. The van der Waals surface area contributed by atoms with Gasteiger partial charge >= 0.3 is 0 Å². The van der Waals surface area contributed by atoms with E-state index in [4.69, 9.17) is 18.1 Å². The molecule has 6 nitrogen and oxygen atoms in total. The Labute approximate surface area is 132 Å². The van der Waals surface area contributed by atoms with Crippen molar-refractivity contribution < 1.29 is 4.92 Å². The Morgan fingerprint density at radius 2 is 1.95 bits per heavy atom. The van der Waals surface area contributed by atoms with Crippen LogP contribution in [0.15, 0.2) is 53.6 Å². The van der Waals surface area contributed by atoms with Crippen LogP contribution >= 0.6 is 12.2 Å². The highest BCUT2D eigenvalue weighted by Gasteiger charge is 2.17. The maximum atomic E-state index is 11.0. The first-order valence-electron chi connectivity index (χ1n) is 6.42. The van der Waals surface area contributed by atoms with E-state index in [2.05, 4.69) is 10.4 Å². The quantitative estimate of drug-likeness (QED) is 0.297. The number of hydrogen-bond donors (Lipinski definition) is 2. The fourth-order valence-corrected chi connectivity index (χ4v) is 2.15. The Morgan fingerprint density at radius 3 is 2.50 bits per heavy atom. The number of rotatable bonds is 4. The van der Waals surface area contributed by atoms with Crippen LogP contribution in [0.3, 0.4) is 0 Å². The molecule has 0 aromatic heterocycles. The van der Waals surface area contributed by atoms with Crippen molar-refractivity contribution in [1.82, 2.24) is 0 Å². The SMILES string of the molecule is CC(=S)Nc1ccc([N+](=O)[O-])cc1/C(=N\N)c1ccccc1. The van der Waals surface area contributed by atoms with E-state index in [9.17, 15) is 10.1 Å². The molecule has 0 unspecified atom stereocenters. The summed E-state index contributed by atoms with van der Waals surface area (Å²) in [6.07, 6.45) is 0. The number of hydrazone groups is 1. The average molecular weight is 314 g/mol. The van der Waals surface area contributed by atoms with E-state index in [1.54, 1.807) is 13.0 Å². The molecule has 2 rings (SSSR count). The van der Waals surface area contributed by atoms with Gasteiger partial charge in [-0.05, 0) is 13.0 Å². The number of nitrogens with two attached hydrogens (primary N) is 1. The second-order valence-electron chi connectivity index (χ2n) is 4.51. The van der Waals surface area contributed by atoms with Crippen LogP contribution < -0.4 is 11.2 Å². The van der Waals surface area contributed by atoms with Gasteiger partial charge in [-0.3, -0.25) is 10.1 Å². The monoisotopic (exact) mass is 314 g/mol. The zero-order valence-corrected chi connectivity index (χ0v) is 12.6. The molecule has 0 saturated carbocycles. The van der Waals surface area contributed by atoms with Crippen LogP contribution in [-0.4, -0.2) is 15.6 Å². The molecule has 0 amide bonds. The number of anilines is 1. The summed E-state index contributed by atoms with van der Waals surface area (Å²) in [5.74, 6) is 5.52. The topological polar surface area (TPSA) is 93.5 Å². The molecule has 0 saturated heterocycles. The van der Waals surface area contributed by atoms with Crippen LogP contribution in [0, 0.1) is 10.1 Å². The molecule has 0 heterocycles. The molecule has 112 valence electrons. The number of nitrogens with zero attached hydrogens (tertiary/aromatic N) is 2. The molecule has 3 N–H and O–H groups in total. The van der Waals surface area contributed by atoms with E-state index >= 15 is 0 Å². The summed E-state index contributed by atoms with van der Waals surface area (Å²) in [7, 11) is 0. The second-order valence-corrected chi connectivity index (χ2v) is 5.12.